The Bertz CT molecular complexity index is 272. The molecule has 15 heavy (non-hydrogen) atoms. The van der Waals surface area contributed by atoms with E-state index in [2.05, 4.69) is 0 Å². The van der Waals surface area contributed by atoms with Crippen LogP contribution in [0.4, 0.5) is 0 Å². The number of primary amides is 2. The molecule has 84 valence electrons. The molecular formula is C10H16N2O3. The van der Waals surface area contributed by atoms with Gasteiger partial charge in [-0.05, 0) is 18.9 Å². The summed E-state index contributed by atoms with van der Waals surface area (Å²) in [5.74, 6) is -0.957. The van der Waals surface area contributed by atoms with Gasteiger partial charge in [-0.1, -0.05) is 6.08 Å². The lowest BCUT2D eigenvalue weighted by Crippen LogP contribution is -2.11. The lowest BCUT2D eigenvalue weighted by atomic mass is 10.1. The van der Waals surface area contributed by atoms with Gasteiger partial charge in [-0.2, -0.15) is 0 Å². The summed E-state index contributed by atoms with van der Waals surface area (Å²) >= 11 is 0. The van der Waals surface area contributed by atoms with Gasteiger partial charge in [0, 0.05) is 19.3 Å². The van der Waals surface area contributed by atoms with E-state index < -0.39 is 5.91 Å². The molecule has 4 N–H and O–H groups in total. The first-order valence-electron chi connectivity index (χ1n) is 4.78. The summed E-state index contributed by atoms with van der Waals surface area (Å²) in [4.78, 5) is 31.8. The van der Waals surface area contributed by atoms with Gasteiger partial charge in [0.15, 0.2) is 5.78 Å². The Morgan fingerprint density at radius 3 is 2.07 bits per heavy atom. The van der Waals surface area contributed by atoms with Crippen LogP contribution in [0.3, 0.4) is 0 Å². The first-order valence-corrected chi connectivity index (χ1v) is 4.78. The SMILES string of the molecule is NC(=O)CCC/C=C/C(=O)CCC(N)=O. The van der Waals surface area contributed by atoms with Crippen LogP contribution < -0.4 is 11.5 Å². The van der Waals surface area contributed by atoms with Crippen LogP contribution in [0.5, 0.6) is 0 Å². The van der Waals surface area contributed by atoms with E-state index in [1.54, 1.807) is 6.08 Å². The van der Waals surface area contributed by atoms with E-state index in [1.165, 1.54) is 6.08 Å². The topological polar surface area (TPSA) is 103 Å². The molecule has 0 rings (SSSR count). The Labute approximate surface area is 88.5 Å². The zero-order valence-corrected chi connectivity index (χ0v) is 8.57. The summed E-state index contributed by atoms with van der Waals surface area (Å²) < 4.78 is 0. The van der Waals surface area contributed by atoms with Crippen LogP contribution >= 0.6 is 0 Å². The molecule has 0 saturated carbocycles. The minimum atomic E-state index is -0.481. The summed E-state index contributed by atoms with van der Waals surface area (Å²) in [7, 11) is 0. The summed E-state index contributed by atoms with van der Waals surface area (Å²) in [6.07, 6.45) is 4.88. The third-order valence-electron chi connectivity index (χ3n) is 1.72. The number of carbonyl (C=O) groups excluding carboxylic acids is 3. The van der Waals surface area contributed by atoms with Gasteiger partial charge in [-0.3, -0.25) is 14.4 Å². The Morgan fingerprint density at radius 1 is 0.933 bits per heavy atom. The molecule has 0 saturated heterocycles. The molecule has 0 unspecified atom stereocenters. The maximum absolute atomic E-state index is 11.1. The van der Waals surface area contributed by atoms with E-state index in [0.29, 0.717) is 19.3 Å². The molecule has 5 heteroatoms. The molecule has 2 amide bonds. The lowest BCUT2D eigenvalue weighted by Gasteiger charge is -1.93. The smallest absolute Gasteiger partial charge is 0.217 e. The van der Waals surface area contributed by atoms with Gasteiger partial charge < -0.3 is 11.5 Å². The number of carbonyl (C=O) groups is 3. The molecule has 0 spiro atoms. The predicted octanol–water partition coefficient (Wildman–Crippen LogP) is 0.0328. The normalized spacial score (nSPS) is 10.4. The first-order chi connectivity index (χ1) is 7.02. The molecular weight excluding hydrogens is 196 g/mol. The van der Waals surface area contributed by atoms with Crippen molar-refractivity contribution in [2.45, 2.75) is 32.1 Å². The molecule has 0 bridgehead atoms. The highest BCUT2D eigenvalue weighted by atomic mass is 16.1. The molecule has 0 aliphatic heterocycles. The van der Waals surface area contributed by atoms with Gasteiger partial charge in [-0.25, -0.2) is 0 Å². The zero-order chi connectivity index (χ0) is 11.7. The standard InChI is InChI=1S/C10H16N2O3/c11-9(14)5-3-1-2-4-8(13)6-7-10(12)15/h2,4H,1,3,5-7H2,(H2,11,14)(H2,12,15)/b4-2+. The van der Waals surface area contributed by atoms with E-state index in [4.69, 9.17) is 11.5 Å². The quantitative estimate of drug-likeness (QED) is 0.438. The van der Waals surface area contributed by atoms with Gasteiger partial charge in [-0.15, -0.1) is 0 Å². The fraction of sp³-hybridized carbons (Fsp3) is 0.500. The van der Waals surface area contributed by atoms with Gasteiger partial charge in [0.25, 0.3) is 0 Å². The monoisotopic (exact) mass is 212 g/mol. The highest BCUT2D eigenvalue weighted by Gasteiger charge is 1.99. The van der Waals surface area contributed by atoms with E-state index in [-0.39, 0.29) is 24.5 Å². The van der Waals surface area contributed by atoms with Crippen molar-refractivity contribution < 1.29 is 14.4 Å². The summed E-state index contributed by atoms with van der Waals surface area (Å²) in [5, 5.41) is 0. The largest absolute Gasteiger partial charge is 0.370 e. The molecule has 0 aromatic heterocycles. The first kappa shape index (κ1) is 13.4. The minimum Gasteiger partial charge on any atom is -0.370 e. The number of rotatable bonds is 8. The van der Waals surface area contributed by atoms with Crippen molar-refractivity contribution in [3.05, 3.63) is 12.2 Å². The molecule has 0 radical (unpaired) electrons. The number of unbranched alkanes of at least 4 members (excludes halogenated alkanes) is 1. The van der Waals surface area contributed by atoms with Crippen LogP contribution in [-0.2, 0) is 14.4 Å². The van der Waals surface area contributed by atoms with E-state index in [1.807, 2.05) is 0 Å². The van der Waals surface area contributed by atoms with Crippen molar-refractivity contribution in [1.82, 2.24) is 0 Å². The molecule has 0 aromatic carbocycles. The Kier molecular flexibility index (Phi) is 6.88. The van der Waals surface area contributed by atoms with Gasteiger partial charge >= 0.3 is 0 Å². The van der Waals surface area contributed by atoms with E-state index in [9.17, 15) is 14.4 Å². The maximum atomic E-state index is 11.1. The molecule has 0 fully saturated rings. The molecule has 0 atom stereocenters. The van der Waals surface area contributed by atoms with Gasteiger partial charge in [0.2, 0.25) is 11.8 Å². The second kappa shape index (κ2) is 7.73. The van der Waals surface area contributed by atoms with Crippen LogP contribution in [0.15, 0.2) is 12.2 Å². The second-order valence-electron chi connectivity index (χ2n) is 3.19. The molecule has 0 aliphatic carbocycles. The van der Waals surface area contributed by atoms with Gasteiger partial charge in [0.1, 0.15) is 0 Å². The molecule has 0 aromatic rings. The minimum absolute atomic E-state index is 0.0739. The number of allylic oxidation sites excluding steroid dienone is 2. The third-order valence-corrected chi connectivity index (χ3v) is 1.72. The maximum Gasteiger partial charge on any atom is 0.217 e. The van der Waals surface area contributed by atoms with Crippen LogP contribution in [0.1, 0.15) is 32.1 Å². The van der Waals surface area contributed by atoms with Crippen LogP contribution in [0.25, 0.3) is 0 Å². The fourth-order valence-corrected chi connectivity index (χ4v) is 0.939. The van der Waals surface area contributed by atoms with Gasteiger partial charge in [0.05, 0.1) is 0 Å². The predicted molar refractivity (Wildman–Crippen MR) is 55.6 cm³/mol. The zero-order valence-electron chi connectivity index (χ0n) is 8.57. The Balaban J connectivity index is 3.54. The van der Waals surface area contributed by atoms with Crippen LogP contribution in [0, 0.1) is 0 Å². The van der Waals surface area contributed by atoms with Crippen molar-refractivity contribution in [2.75, 3.05) is 0 Å². The molecule has 0 heterocycles. The lowest BCUT2D eigenvalue weighted by molar-refractivity contribution is -0.121. The Hall–Kier alpha value is -1.65. The van der Waals surface area contributed by atoms with Crippen molar-refractivity contribution >= 4 is 17.6 Å². The summed E-state index contributed by atoms with van der Waals surface area (Å²) in [5.41, 5.74) is 9.82. The van der Waals surface area contributed by atoms with Crippen molar-refractivity contribution in [1.29, 1.82) is 0 Å². The number of hydrogen-bond acceptors (Lipinski definition) is 3. The number of ketones is 1. The molecule has 5 nitrogen and oxygen atoms in total. The van der Waals surface area contributed by atoms with Crippen molar-refractivity contribution in [3.8, 4) is 0 Å². The number of amides is 2. The molecule has 0 aliphatic rings. The fourth-order valence-electron chi connectivity index (χ4n) is 0.939. The van der Waals surface area contributed by atoms with Crippen molar-refractivity contribution in [3.63, 3.8) is 0 Å². The Morgan fingerprint density at radius 2 is 1.53 bits per heavy atom. The van der Waals surface area contributed by atoms with E-state index >= 15 is 0 Å². The highest BCUT2D eigenvalue weighted by Crippen LogP contribution is 1.97. The van der Waals surface area contributed by atoms with Crippen molar-refractivity contribution in [2.24, 2.45) is 11.5 Å². The van der Waals surface area contributed by atoms with Crippen LogP contribution in [0.2, 0.25) is 0 Å². The number of hydrogen-bond donors (Lipinski definition) is 2. The van der Waals surface area contributed by atoms with E-state index in [0.717, 1.165) is 0 Å². The van der Waals surface area contributed by atoms with Crippen LogP contribution in [-0.4, -0.2) is 17.6 Å². The highest BCUT2D eigenvalue weighted by molar-refractivity contribution is 5.92. The average molecular weight is 212 g/mol. The summed E-state index contributed by atoms with van der Waals surface area (Å²) in [6, 6.07) is 0. The third kappa shape index (κ3) is 10.3. The summed E-state index contributed by atoms with van der Waals surface area (Å²) in [6.45, 7) is 0. The second-order valence-corrected chi connectivity index (χ2v) is 3.19. The average Bonchev–Trinajstić information content (AvgIpc) is 2.13. The number of nitrogens with two attached hydrogens (primary N) is 2.